The fourth-order valence-electron chi connectivity index (χ4n) is 4.52. The van der Waals surface area contributed by atoms with Crippen LogP contribution in [0.15, 0.2) is 61.4 Å². The molecule has 1 aromatic heterocycles. The molecule has 0 saturated carbocycles. The van der Waals surface area contributed by atoms with Crippen LogP contribution in [0.25, 0.3) is 10.4 Å². The molecule has 0 saturated heterocycles. The van der Waals surface area contributed by atoms with Gasteiger partial charge in [-0.2, -0.15) is 0 Å². The summed E-state index contributed by atoms with van der Waals surface area (Å²) in [6, 6.07) is 11.6. The van der Waals surface area contributed by atoms with Gasteiger partial charge in [0.2, 0.25) is 0 Å². The Morgan fingerprint density at radius 2 is 1.30 bits per heavy atom. The maximum absolute atomic E-state index is 4.02. The van der Waals surface area contributed by atoms with E-state index in [1.54, 1.807) is 11.8 Å². The predicted octanol–water partition coefficient (Wildman–Crippen LogP) is 15.6. The third-order valence-electron chi connectivity index (χ3n) is 7.12. The molecule has 0 aliphatic rings. The van der Waals surface area contributed by atoms with Crippen molar-refractivity contribution < 1.29 is 0 Å². The van der Waals surface area contributed by atoms with Crippen molar-refractivity contribution in [2.45, 2.75) is 144 Å². The second-order valence-corrected chi connectivity index (χ2v) is 17.7. The fraction of sp³-hybridized carbons (Fsp3) is 0.641. The first-order valence-corrected chi connectivity index (χ1v) is 20.4. The topological polar surface area (TPSA) is 0 Å². The van der Waals surface area contributed by atoms with Crippen LogP contribution in [0.4, 0.5) is 0 Å². The average molecular weight is 663 g/mol. The first kappa shape index (κ1) is 42.5. The van der Waals surface area contributed by atoms with Crippen LogP contribution in [0.3, 0.4) is 0 Å². The van der Waals surface area contributed by atoms with Crippen LogP contribution >= 0.6 is 46.6 Å². The van der Waals surface area contributed by atoms with E-state index < -0.39 is 0 Å². The highest BCUT2D eigenvalue weighted by Crippen LogP contribution is 2.40. The van der Waals surface area contributed by atoms with E-state index in [0.29, 0.717) is 0 Å². The minimum Gasteiger partial charge on any atom is -0.140 e. The van der Waals surface area contributed by atoms with Crippen molar-refractivity contribution in [3.63, 3.8) is 0 Å². The quantitative estimate of drug-likeness (QED) is 0.155. The van der Waals surface area contributed by atoms with E-state index in [0.717, 1.165) is 28.6 Å². The largest absolute Gasteiger partial charge is 0.140 e. The van der Waals surface area contributed by atoms with Gasteiger partial charge in [-0.05, 0) is 103 Å². The molecule has 1 atom stereocenters. The molecular weight excluding hydrogens is 597 g/mol. The maximum atomic E-state index is 4.02. The molecule has 1 unspecified atom stereocenters. The van der Waals surface area contributed by atoms with Gasteiger partial charge in [0.25, 0.3) is 0 Å². The summed E-state index contributed by atoms with van der Waals surface area (Å²) in [6.07, 6.45) is 13.0. The van der Waals surface area contributed by atoms with E-state index in [1.165, 1.54) is 86.3 Å². The molecule has 1 heterocycles. The predicted molar refractivity (Wildman–Crippen MR) is 209 cm³/mol. The molecule has 4 heteroatoms. The van der Waals surface area contributed by atoms with Crippen LogP contribution in [0, 0.1) is 23.7 Å². The minimum atomic E-state index is 0.820. The van der Waals surface area contributed by atoms with E-state index in [2.05, 4.69) is 112 Å². The molecule has 0 bridgehead atoms. The normalized spacial score (nSPS) is 12.5. The Morgan fingerprint density at radius 3 is 1.81 bits per heavy atom. The van der Waals surface area contributed by atoms with Gasteiger partial charge < -0.3 is 0 Å². The third kappa shape index (κ3) is 20.2. The van der Waals surface area contributed by atoms with E-state index in [-0.39, 0.29) is 0 Å². The number of benzene rings is 1. The van der Waals surface area contributed by atoms with Gasteiger partial charge in [0, 0.05) is 25.1 Å². The van der Waals surface area contributed by atoms with E-state index in [1.807, 2.05) is 48.7 Å². The molecule has 0 N–H and O–H groups in total. The van der Waals surface area contributed by atoms with Crippen molar-refractivity contribution >= 4 is 46.6 Å². The zero-order valence-electron chi connectivity index (χ0n) is 30.2. The van der Waals surface area contributed by atoms with Crippen molar-refractivity contribution in [1.29, 1.82) is 0 Å². The first-order valence-electron chi connectivity index (χ1n) is 16.8. The smallest absolute Gasteiger partial charge is 0.0356 e. The van der Waals surface area contributed by atoms with Crippen LogP contribution in [-0.2, 0) is 6.42 Å². The molecular formula is C39H66S4. The van der Waals surface area contributed by atoms with Crippen LogP contribution < -0.4 is 0 Å². The monoisotopic (exact) mass is 662 g/mol. The Labute approximate surface area is 286 Å². The molecule has 246 valence electrons. The van der Waals surface area contributed by atoms with Crippen molar-refractivity contribution in [2.24, 2.45) is 23.7 Å². The van der Waals surface area contributed by atoms with Gasteiger partial charge in [-0.1, -0.05) is 137 Å². The molecule has 2 rings (SSSR count). The molecule has 2 aromatic rings. The Balaban J connectivity index is 0.00000137. The lowest BCUT2D eigenvalue weighted by Gasteiger charge is -2.12. The first-order chi connectivity index (χ1) is 20.3. The van der Waals surface area contributed by atoms with Crippen molar-refractivity contribution in [2.75, 3.05) is 6.26 Å². The van der Waals surface area contributed by atoms with Gasteiger partial charge in [-0.3, -0.25) is 0 Å². The molecule has 0 amide bonds. The molecule has 0 spiro atoms. The average Bonchev–Trinajstić information content (AvgIpc) is 3.41. The van der Waals surface area contributed by atoms with Crippen LogP contribution in [0.5, 0.6) is 0 Å². The maximum Gasteiger partial charge on any atom is 0.0356 e. The molecule has 43 heavy (non-hydrogen) atoms. The molecule has 1 aromatic carbocycles. The number of thiophene rings is 1. The highest BCUT2D eigenvalue weighted by Gasteiger charge is 2.12. The lowest BCUT2D eigenvalue weighted by molar-refractivity contribution is 0.438. The highest BCUT2D eigenvalue weighted by molar-refractivity contribution is 8.08. The molecule has 0 radical (unpaired) electrons. The van der Waals surface area contributed by atoms with Gasteiger partial charge in [-0.15, -0.1) is 23.1 Å². The van der Waals surface area contributed by atoms with Crippen molar-refractivity contribution in [3.8, 4) is 10.4 Å². The summed E-state index contributed by atoms with van der Waals surface area (Å²) in [4.78, 5) is 9.41. The number of thioether (sulfide) groups is 3. The summed E-state index contributed by atoms with van der Waals surface area (Å²) in [6.45, 7) is 30.7. The zero-order valence-corrected chi connectivity index (χ0v) is 33.5. The van der Waals surface area contributed by atoms with E-state index in [9.17, 15) is 0 Å². The second-order valence-electron chi connectivity index (χ2n) is 12.8. The minimum absolute atomic E-state index is 0.820. The Morgan fingerprint density at radius 1 is 0.744 bits per heavy atom. The summed E-state index contributed by atoms with van der Waals surface area (Å²) < 4.78 is 0. The number of allylic oxidation sites excluding steroid dienone is 3. The summed E-state index contributed by atoms with van der Waals surface area (Å²) in [5.74, 6) is 3.43. The molecule has 0 aliphatic heterocycles. The van der Waals surface area contributed by atoms with Gasteiger partial charge in [0.05, 0.1) is 0 Å². The highest BCUT2D eigenvalue weighted by atomic mass is 32.2. The van der Waals surface area contributed by atoms with Gasteiger partial charge in [0.15, 0.2) is 0 Å². The summed E-state index contributed by atoms with van der Waals surface area (Å²) in [5, 5.41) is 0. The lowest BCUT2D eigenvalue weighted by Crippen LogP contribution is -1.98. The Bertz CT molecular complexity index is 1030. The van der Waals surface area contributed by atoms with Gasteiger partial charge >= 0.3 is 0 Å². The van der Waals surface area contributed by atoms with Gasteiger partial charge in [0.1, 0.15) is 0 Å². The van der Waals surface area contributed by atoms with Crippen LogP contribution in [0.2, 0.25) is 0 Å². The summed E-state index contributed by atoms with van der Waals surface area (Å²) in [5.41, 5.74) is 1.37. The van der Waals surface area contributed by atoms with E-state index in [4.69, 9.17) is 0 Å². The van der Waals surface area contributed by atoms with Gasteiger partial charge in [-0.25, -0.2) is 0 Å². The summed E-state index contributed by atoms with van der Waals surface area (Å²) in [7, 11) is 0. The Hall–Kier alpha value is -0.550. The van der Waals surface area contributed by atoms with Crippen molar-refractivity contribution in [1.82, 2.24) is 0 Å². The van der Waals surface area contributed by atoms with Crippen molar-refractivity contribution in [3.05, 3.63) is 56.5 Å². The fourth-order valence-corrected chi connectivity index (χ4v) is 8.09. The number of aryl methyl sites for hydroxylation is 1. The molecule has 0 aliphatic carbocycles. The Kier molecular flexibility index (Phi) is 24.3. The zero-order chi connectivity index (χ0) is 32.9. The van der Waals surface area contributed by atoms with Crippen LogP contribution in [0.1, 0.15) is 133 Å². The molecule has 0 fully saturated rings. The SMILES string of the molecule is C=C(C)S/C(C)=C(\C)Sc1ccc(-c2ccc(CCC(C)CCCC(C)C)s2)c(SC)c1.CC.CC(C)CCCC(C)C. The van der Waals surface area contributed by atoms with Crippen LogP contribution in [-0.4, -0.2) is 6.26 Å². The number of rotatable bonds is 17. The standard InChI is InChI=1S/C28H40S4.C9H20.C2H6/c1-19(2)10-9-11-21(5)12-13-24-15-17-27(32-24)26-16-14-25(18-28(26)29-8)31-23(7)22(6)30-20(3)4;1-8(2)6-5-7-9(3)4;1-2/h14-19,21H,3,9-13H2,1-2,4-8H3;8-9H,5-7H2,1-4H3;1-2H3/b23-22+;;. The third-order valence-corrected chi connectivity index (χ3v) is 11.3. The van der Waals surface area contributed by atoms with E-state index >= 15 is 0 Å². The number of hydrogen-bond donors (Lipinski definition) is 0. The second kappa shape index (κ2) is 24.7. The molecule has 0 nitrogen and oxygen atoms in total. The summed E-state index contributed by atoms with van der Waals surface area (Å²) >= 11 is 7.45. The number of hydrogen-bond acceptors (Lipinski definition) is 4. The lowest BCUT2D eigenvalue weighted by atomic mass is 9.96.